The third kappa shape index (κ3) is 7.91. The van der Waals surface area contributed by atoms with Crippen molar-refractivity contribution in [3.63, 3.8) is 0 Å². The summed E-state index contributed by atoms with van der Waals surface area (Å²) in [5, 5.41) is 2.82. The number of rotatable bonds is 10. The van der Waals surface area contributed by atoms with Gasteiger partial charge in [0.2, 0.25) is 15.9 Å². The monoisotopic (exact) mass is 406 g/mol. The molecular weight excluding hydrogens is 376 g/mol. The Balaban J connectivity index is 1.76. The Bertz CT molecular complexity index is 803. The highest BCUT2D eigenvalue weighted by Crippen LogP contribution is 2.27. The number of nitrogens with one attached hydrogen (secondary N) is 2. The number of ether oxygens (including phenoxy) is 1. The van der Waals surface area contributed by atoms with Crippen LogP contribution in [0.25, 0.3) is 0 Å². The predicted molar refractivity (Wildman–Crippen MR) is 110 cm³/mol. The molecule has 0 bridgehead atoms. The lowest BCUT2D eigenvalue weighted by atomic mass is 10.0. The van der Waals surface area contributed by atoms with Gasteiger partial charge >= 0.3 is 0 Å². The fourth-order valence-corrected chi connectivity index (χ4v) is 3.43. The quantitative estimate of drug-likeness (QED) is 0.583. The first-order valence-electron chi connectivity index (χ1n) is 9.78. The van der Waals surface area contributed by atoms with Crippen LogP contribution in [0.4, 0.5) is 0 Å². The van der Waals surface area contributed by atoms with Crippen molar-refractivity contribution < 1.29 is 17.9 Å². The van der Waals surface area contributed by atoms with Crippen LogP contribution in [-0.2, 0) is 21.2 Å². The zero-order valence-electron chi connectivity index (χ0n) is 16.8. The molecule has 0 spiro atoms. The highest BCUT2D eigenvalue weighted by molar-refractivity contribution is 7.89. The van der Waals surface area contributed by atoms with Crippen LogP contribution in [-0.4, -0.2) is 39.3 Å². The molecule has 1 amide bonds. The number of sulfonamides is 1. The van der Waals surface area contributed by atoms with Crippen LogP contribution < -0.4 is 14.8 Å². The lowest BCUT2D eigenvalue weighted by Crippen LogP contribution is -2.50. The van der Waals surface area contributed by atoms with Gasteiger partial charge in [0.15, 0.2) is 0 Å². The molecule has 7 heteroatoms. The molecule has 0 aromatic heterocycles. The summed E-state index contributed by atoms with van der Waals surface area (Å²) >= 11 is 0. The van der Waals surface area contributed by atoms with Gasteiger partial charge in [-0.05, 0) is 49.8 Å². The van der Waals surface area contributed by atoms with Gasteiger partial charge in [0.25, 0.3) is 0 Å². The highest BCUT2D eigenvalue weighted by Gasteiger charge is 2.26. The molecule has 154 valence electrons. The van der Waals surface area contributed by atoms with Gasteiger partial charge in [0.1, 0.15) is 18.4 Å². The molecule has 2 N–H and O–H groups in total. The van der Waals surface area contributed by atoms with Gasteiger partial charge in [0.05, 0.1) is 5.75 Å². The van der Waals surface area contributed by atoms with Gasteiger partial charge in [-0.1, -0.05) is 37.8 Å². The Kier molecular flexibility index (Phi) is 8.34. The molecular formula is C21H30N2O4S. The van der Waals surface area contributed by atoms with E-state index in [2.05, 4.69) is 21.9 Å². The van der Waals surface area contributed by atoms with Gasteiger partial charge in [-0.3, -0.25) is 4.79 Å². The van der Waals surface area contributed by atoms with E-state index in [-0.39, 0.29) is 17.6 Å². The highest BCUT2D eigenvalue weighted by atomic mass is 32.2. The van der Waals surface area contributed by atoms with Crippen LogP contribution in [0.2, 0.25) is 0 Å². The van der Waals surface area contributed by atoms with E-state index in [4.69, 9.17) is 4.74 Å². The zero-order chi connectivity index (χ0) is 20.6. The molecule has 1 aromatic carbocycles. The second-order valence-corrected chi connectivity index (χ2v) is 9.35. The topological polar surface area (TPSA) is 84.5 Å². The SMILES string of the molecule is CCS(=O)(=O)NC(C(=O)NCCc1ccc(OCC#CC2CC2)cc1)C(C)C. The van der Waals surface area contributed by atoms with Crippen LogP contribution in [0.15, 0.2) is 24.3 Å². The number of hydrogen-bond donors (Lipinski definition) is 2. The third-order valence-corrected chi connectivity index (χ3v) is 5.84. The molecule has 1 fully saturated rings. The van der Waals surface area contributed by atoms with Crippen molar-refractivity contribution in [3.05, 3.63) is 29.8 Å². The molecule has 1 saturated carbocycles. The van der Waals surface area contributed by atoms with E-state index in [0.717, 1.165) is 11.3 Å². The largest absolute Gasteiger partial charge is 0.481 e. The minimum atomic E-state index is -3.44. The zero-order valence-corrected chi connectivity index (χ0v) is 17.6. The second-order valence-electron chi connectivity index (χ2n) is 7.31. The summed E-state index contributed by atoms with van der Waals surface area (Å²) in [5.41, 5.74) is 1.06. The van der Waals surface area contributed by atoms with Crippen LogP contribution in [0.5, 0.6) is 5.75 Å². The standard InChI is InChI=1S/C21H30N2O4S/c1-4-28(25,26)23-20(16(2)3)21(24)22-14-13-18-9-11-19(12-10-18)27-15-5-6-17-7-8-17/h9-12,16-17,20,23H,4,7-8,13-15H2,1-3H3,(H,22,24). The van der Waals surface area contributed by atoms with E-state index >= 15 is 0 Å². The summed E-state index contributed by atoms with van der Waals surface area (Å²) in [6.07, 6.45) is 3.07. The van der Waals surface area contributed by atoms with Gasteiger partial charge in [-0.25, -0.2) is 13.1 Å². The predicted octanol–water partition coefficient (Wildman–Crippen LogP) is 2.10. The summed E-state index contributed by atoms with van der Waals surface area (Å²) in [6, 6.07) is 6.92. The summed E-state index contributed by atoms with van der Waals surface area (Å²) in [7, 11) is -3.44. The first-order valence-corrected chi connectivity index (χ1v) is 11.4. The van der Waals surface area contributed by atoms with Crippen LogP contribution in [0.1, 0.15) is 39.2 Å². The summed E-state index contributed by atoms with van der Waals surface area (Å²) in [4.78, 5) is 12.4. The molecule has 0 heterocycles. The molecule has 1 aliphatic carbocycles. The Hall–Kier alpha value is -2.04. The number of amides is 1. The molecule has 1 atom stereocenters. The van der Waals surface area contributed by atoms with E-state index in [1.165, 1.54) is 12.8 Å². The van der Waals surface area contributed by atoms with E-state index < -0.39 is 16.1 Å². The molecule has 28 heavy (non-hydrogen) atoms. The number of carbonyl (C=O) groups is 1. The van der Waals surface area contributed by atoms with Crippen molar-refractivity contribution in [2.24, 2.45) is 11.8 Å². The van der Waals surface area contributed by atoms with E-state index in [9.17, 15) is 13.2 Å². The number of benzene rings is 1. The molecule has 1 unspecified atom stereocenters. The summed E-state index contributed by atoms with van der Waals surface area (Å²) in [5.74, 6) is 7.04. The fourth-order valence-electron chi connectivity index (χ4n) is 2.49. The Labute approximate surface area is 168 Å². The number of hydrogen-bond acceptors (Lipinski definition) is 4. The maximum Gasteiger partial charge on any atom is 0.238 e. The lowest BCUT2D eigenvalue weighted by molar-refractivity contribution is -0.123. The normalized spacial score (nSPS) is 14.9. The Morgan fingerprint density at radius 3 is 2.50 bits per heavy atom. The maximum absolute atomic E-state index is 12.4. The molecule has 0 radical (unpaired) electrons. The van der Waals surface area contributed by atoms with Crippen molar-refractivity contribution in [1.82, 2.24) is 10.0 Å². The average molecular weight is 407 g/mol. The van der Waals surface area contributed by atoms with Gasteiger partial charge in [-0.2, -0.15) is 0 Å². The van der Waals surface area contributed by atoms with Crippen molar-refractivity contribution >= 4 is 15.9 Å². The van der Waals surface area contributed by atoms with E-state index in [1.54, 1.807) is 6.92 Å². The van der Waals surface area contributed by atoms with Gasteiger partial charge < -0.3 is 10.1 Å². The number of carbonyl (C=O) groups excluding carboxylic acids is 1. The Morgan fingerprint density at radius 1 is 1.25 bits per heavy atom. The first kappa shape index (κ1) is 22.3. The third-order valence-electron chi connectivity index (χ3n) is 4.47. The fraction of sp³-hybridized carbons (Fsp3) is 0.571. The maximum atomic E-state index is 12.4. The smallest absolute Gasteiger partial charge is 0.238 e. The van der Waals surface area contributed by atoms with Gasteiger partial charge in [0, 0.05) is 12.5 Å². The Morgan fingerprint density at radius 2 is 1.93 bits per heavy atom. The summed E-state index contributed by atoms with van der Waals surface area (Å²) in [6.45, 7) is 6.01. The second kappa shape index (κ2) is 10.5. The van der Waals surface area contributed by atoms with Crippen molar-refractivity contribution in [2.75, 3.05) is 18.9 Å². The van der Waals surface area contributed by atoms with Gasteiger partial charge in [-0.15, -0.1) is 0 Å². The van der Waals surface area contributed by atoms with Crippen molar-refractivity contribution in [3.8, 4) is 17.6 Å². The van der Waals surface area contributed by atoms with Crippen LogP contribution in [0.3, 0.4) is 0 Å². The molecule has 0 saturated heterocycles. The molecule has 6 nitrogen and oxygen atoms in total. The minimum Gasteiger partial charge on any atom is -0.481 e. The van der Waals surface area contributed by atoms with Crippen molar-refractivity contribution in [1.29, 1.82) is 0 Å². The minimum absolute atomic E-state index is 0.0515. The van der Waals surface area contributed by atoms with Crippen LogP contribution >= 0.6 is 0 Å². The average Bonchev–Trinajstić information content (AvgIpc) is 3.48. The van der Waals surface area contributed by atoms with E-state index in [1.807, 2.05) is 38.1 Å². The molecule has 1 aromatic rings. The molecule has 2 rings (SSSR count). The summed E-state index contributed by atoms with van der Waals surface area (Å²) < 4.78 is 31.6. The molecule has 1 aliphatic rings. The first-order chi connectivity index (χ1) is 13.3. The van der Waals surface area contributed by atoms with Crippen LogP contribution in [0, 0.1) is 23.7 Å². The van der Waals surface area contributed by atoms with E-state index in [0.29, 0.717) is 25.5 Å². The van der Waals surface area contributed by atoms with Crippen molar-refractivity contribution in [2.45, 2.75) is 46.1 Å². The lowest BCUT2D eigenvalue weighted by Gasteiger charge is -2.21. The molecule has 0 aliphatic heterocycles.